The summed E-state index contributed by atoms with van der Waals surface area (Å²) in [5, 5.41) is 7.45. The van der Waals surface area contributed by atoms with Crippen LogP contribution in [0.15, 0.2) is 87.9 Å². The van der Waals surface area contributed by atoms with E-state index in [2.05, 4.69) is 10.4 Å². The number of fused-ring (bicyclic) bond motifs is 1. The van der Waals surface area contributed by atoms with E-state index in [4.69, 9.17) is 4.99 Å². The Morgan fingerprint density at radius 3 is 2.43 bits per heavy atom. The third kappa shape index (κ3) is 4.28. The van der Waals surface area contributed by atoms with E-state index in [-0.39, 0.29) is 11.5 Å². The quantitative estimate of drug-likeness (QED) is 0.472. The summed E-state index contributed by atoms with van der Waals surface area (Å²) < 4.78 is 4.04. The molecular weight excluding hydrogens is 458 g/mol. The molecule has 35 heavy (non-hydrogen) atoms. The maximum Gasteiger partial charge on any atom is 0.271 e. The monoisotopic (exact) mass is 483 g/mol. The molecule has 0 aliphatic carbocycles. The van der Waals surface area contributed by atoms with E-state index in [1.807, 2.05) is 98.4 Å². The van der Waals surface area contributed by atoms with Gasteiger partial charge in [-0.1, -0.05) is 59.9 Å². The van der Waals surface area contributed by atoms with Crippen LogP contribution in [0, 0.1) is 6.92 Å². The fourth-order valence-corrected chi connectivity index (χ4v) is 5.30. The molecule has 8 heteroatoms. The first kappa shape index (κ1) is 22.7. The summed E-state index contributed by atoms with van der Waals surface area (Å²) in [6.07, 6.45) is 3.80. The number of allylic oxidation sites excluding steroid dienone is 1. The lowest BCUT2D eigenvalue weighted by atomic mass is 9.95. The van der Waals surface area contributed by atoms with E-state index in [9.17, 15) is 9.59 Å². The number of para-hydroxylation sites is 1. The molecule has 0 unspecified atom stereocenters. The van der Waals surface area contributed by atoms with Gasteiger partial charge < -0.3 is 5.32 Å². The first-order chi connectivity index (χ1) is 17.0. The molecule has 1 aliphatic heterocycles. The molecule has 176 valence electrons. The van der Waals surface area contributed by atoms with Crippen LogP contribution in [0.25, 0.3) is 6.08 Å². The van der Waals surface area contributed by atoms with Crippen molar-refractivity contribution in [2.75, 3.05) is 5.32 Å². The fraction of sp³-hybridized carbons (Fsp3) is 0.185. The van der Waals surface area contributed by atoms with Gasteiger partial charge >= 0.3 is 0 Å². The summed E-state index contributed by atoms with van der Waals surface area (Å²) >= 11 is 1.33. The number of amides is 1. The second-order valence-electron chi connectivity index (χ2n) is 8.34. The van der Waals surface area contributed by atoms with Gasteiger partial charge in [0.05, 0.1) is 27.5 Å². The van der Waals surface area contributed by atoms with Crippen LogP contribution < -0.4 is 20.2 Å². The number of thiazole rings is 1. The van der Waals surface area contributed by atoms with Gasteiger partial charge in [-0.15, -0.1) is 0 Å². The maximum absolute atomic E-state index is 13.7. The van der Waals surface area contributed by atoms with Crippen LogP contribution in [0.2, 0.25) is 0 Å². The average Bonchev–Trinajstić information content (AvgIpc) is 3.37. The molecule has 0 spiro atoms. The Labute approximate surface area is 206 Å². The summed E-state index contributed by atoms with van der Waals surface area (Å²) in [6, 6.07) is 18.3. The van der Waals surface area contributed by atoms with Crippen LogP contribution >= 0.6 is 11.3 Å². The highest BCUT2D eigenvalue weighted by Gasteiger charge is 2.32. The number of aromatic nitrogens is 3. The number of nitrogens with one attached hydrogen (secondary N) is 1. The molecule has 3 heterocycles. The molecule has 0 radical (unpaired) electrons. The van der Waals surface area contributed by atoms with Gasteiger partial charge in [0.15, 0.2) is 4.80 Å². The van der Waals surface area contributed by atoms with Crippen molar-refractivity contribution in [3.8, 4) is 0 Å². The van der Waals surface area contributed by atoms with Gasteiger partial charge in [0.1, 0.15) is 0 Å². The van der Waals surface area contributed by atoms with E-state index in [0.29, 0.717) is 26.3 Å². The molecule has 0 fully saturated rings. The Morgan fingerprint density at radius 2 is 1.77 bits per heavy atom. The minimum atomic E-state index is -0.585. The predicted octanol–water partition coefficient (Wildman–Crippen LogP) is 3.40. The molecule has 1 aliphatic rings. The van der Waals surface area contributed by atoms with Gasteiger partial charge in [0.2, 0.25) is 0 Å². The summed E-state index contributed by atoms with van der Waals surface area (Å²) in [4.78, 5) is 32.5. The van der Waals surface area contributed by atoms with Crippen LogP contribution in [-0.4, -0.2) is 20.3 Å². The van der Waals surface area contributed by atoms with Crippen molar-refractivity contribution in [3.63, 3.8) is 0 Å². The zero-order chi connectivity index (χ0) is 24.5. The van der Waals surface area contributed by atoms with Crippen molar-refractivity contribution in [2.24, 2.45) is 4.99 Å². The second-order valence-corrected chi connectivity index (χ2v) is 9.35. The summed E-state index contributed by atoms with van der Waals surface area (Å²) in [5.41, 5.74) is 4.16. The largest absolute Gasteiger partial charge is 0.322 e. The highest BCUT2D eigenvalue weighted by atomic mass is 32.1. The zero-order valence-corrected chi connectivity index (χ0v) is 20.5. The molecular formula is C27H25N5O2S. The number of aryl methyl sites for hydroxylation is 2. The van der Waals surface area contributed by atoms with E-state index in [1.54, 1.807) is 4.57 Å². The molecule has 2 aromatic carbocycles. The maximum atomic E-state index is 13.7. The number of benzene rings is 2. The van der Waals surface area contributed by atoms with Crippen LogP contribution in [0.3, 0.4) is 0 Å². The van der Waals surface area contributed by atoms with Gasteiger partial charge in [0, 0.05) is 24.0 Å². The third-order valence-corrected chi connectivity index (χ3v) is 6.99. The van der Waals surface area contributed by atoms with Gasteiger partial charge in [-0.05, 0) is 44.5 Å². The van der Waals surface area contributed by atoms with Gasteiger partial charge in [0.25, 0.3) is 11.5 Å². The number of anilines is 1. The number of nitrogens with zero attached hydrogens (tertiary/aromatic N) is 4. The van der Waals surface area contributed by atoms with Crippen molar-refractivity contribution in [1.82, 2.24) is 14.3 Å². The minimum absolute atomic E-state index is 0.177. The van der Waals surface area contributed by atoms with Crippen molar-refractivity contribution in [1.29, 1.82) is 0 Å². The molecule has 0 saturated heterocycles. The first-order valence-electron chi connectivity index (χ1n) is 11.4. The van der Waals surface area contributed by atoms with Crippen LogP contribution in [0.4, 0.5) is 5.69 Å². The molecule has 1 atom stereocenters. The van der Waals surface area contributed by atoms with Crippen molar-refractivity contribution < 1.29 is 4.79 Å². The number of rotatable bonds is 5. The molecule has 4 aromatic rings. The van der Waals surface area contributed by atoms with Gasteiger partial charge in [-0.3, -0.25) is 18.8 Å². The number of carbonyl (C=O) groups excluding carboxylic acids is 1. The normalized spacial score (nSPS) is 15.6. The highest BCUT2D eigenvalue weighted by Crippen LogP contribution is 2.30. The standard InChI is InChI=1S/C27H25N5O2S/c1-4-31-16-20(17(2)30-31)15-22-26(34)32-24(19-11-7-5-8-12-19)23(18(3)28-27(32)35-22)25(33)29-21-13-9-6-10-14-21/h5-16,24H,4H2,1-3H3,(H,29,33)/b22-15-/t24-/m0/s1. The molecule has 1 amide bonds. The number of hydrogen-bond donors (Lipinski definition) is 1. The van der Waals surface area contributed by atoms with Crippen LogP contribution in [-0.2, 0) is 11.3 Å². The Balaban J connectivity index is 1.67. The van der Waals surface area contributed by atoms with Crippen LogP contribution in [0.1, 0.15) is 36.7 Å². The number of carbonyl (C=O) groups is 1. The lowest BCUT2D eigenvalue weighted by Gasteiger charge is -2.25. The Morgan fingerprint density at radius 1 is 1.09 bits per heavy atom. The Bertz CT molecular complexity index is 1610. The van der Waals surface area contributed by atoms with E-state index in [0.717, 1.165) is 23.4 Å². The summed E-state index contributed by atoms with van der Waals surface area (Å²) in [5.74, 6) is -0.277. The zero-order valence-electron chi connectivity index (χ0n) is 19.7. The minimum Gasteiger partial charge on any atom is -0.322 e. The predicted molar refractivity (Wildman–Crippen MR) is 138 cm³/mol. The lowest BCUT2D eigenvalue weighted by Crippen LogP contribution is -2.40. The van der Waals surface area contributed by atoms with E-state index >= 15 is 0 Å². The molecule has 0 bridgehead atoms. The molecule has 0 saturated carbocycles. The van der Waals surface area contributed by atoms with Gasteiger partial charge in [-0.25, -0.2) is 4.99 Å². The Hall–Kier alpha value is -4.04. The highest BCUT2D eigenvalue weighted by molar-refractivity contribution is 7.07. The fourth-order valence-electron chi connectivity index (χ4n) is 4.26. The SMILES string of the molecule is CCn1cc(/C=c2\sc3n(c2=O)[C@@H](c2ccccc2)C(C(=O)Nc2ccccc2)=C(C)N=3)c(C)n1. The van der Waals surface area contributed by atoms with Crippen LogP contribution in [0.5, 0.6) is 0 Å². The molecule has 1 N–H and O–H groups in total. The van der Waals surface area contributed by atoms with Crippen molar-refractivity contribution in [2.45, 2.75) is 33.4 Å². The summed E-state index contributed by atoms with van der Waals surface area (Å²) in [7, 11) is 0. The first-order valence-corrected chi connectivity index (χ1v) is 12.3. The lowest BCUT2D eigenvalue weighted by molar-refractivity contribution is -0.113. The van der Waals surface area contributed by atoms with E-state index < -0.39 is 6.04 Å². The van der Waals surface area contributed by atoms with Gasteiger partial charge in [-0.2, -0.15) is 5.10 Å². The summed E-state index contributed by atoms with van der Waals surface area (Å²) in [6.45, 7) is 6.53. The topological polar surface area (TPSA) is 81.3 Å². The smallest absolute Gasteiger partial charge is 0.271 e. The molecule has 2 aromatic heterocycles. The number of hydrogen-bond acceptors (Lipinski definition) is 5. The average molecular weight is 484 g/mol. The Kier molecular flexibility index (Phi) is 6.05. The van der Waals surface area contributed by atoms with E-state index in [1.165, 1.54) is 11.3 Å². The van der Waals surface area contributed by atoms with Crippen molar-refractivity contribution in [3.05, 3.63) is 115 Å². The molecule has 7 nitrogen and oxygen atoms in total. The molecule has 5 rings (SSSR count). The second kappa shape index (κ2) is 9.31. The third-order valence-electron chi connectivity index (χ3n) is 6.01. The van der Waals surface area contributed by atoms with Crippen molar-refractivity contribution >= 4 is 29.0 Å².